The third-order valence-electron chi connectivity index (χ3n) is 12.3. The summed E-state index contributed by atoms with van der Waals surface area (Å²) in [5.74, 6) is -1.90. The van der Waals surface area contributed by atoms with Crippen LogP contribution in [0.15, 0.2) is 79.4 Å². The molecule has 0 saturated carbocycles. The second kappa shape index (κ2) is 22.4. The SMILES string of the molecule is C=CCOC(=O)N[C@@H](C(=O)N[C@H](C)C(=O)Nc1ccc(COC(=O)N2c3cc(O[Si](C(C)C)(C(C)C)C(C)C)c(OC)cc3C(=O)N3C[C@@H](OC(=O)c4ccccc4)CC3[C@@H]2O)cc1)C(C)C. The number of alkyl carbamates (subject to hydrolysis) is 1. The van der Waals surface area contributed by atoms with Gasteiger partial charge in [0.1, 0.15) is 37.2 Å². The number of hydrogen-bond donors (Lipinski definition) is 4. The van der Waals surface area contributed by atoms with E-state index in [0.29, 0.717) is 22.6 Å². The molecule has 67 heavy (non-hydrogen) atoms. The molecule has 5 rings (SSSR count). The van der Waals surface area contributed by atoms with Gasteiger partial charge in [-0.1, -0.05) is 98.4 Å². The smallest absolute Gasteiger partial charge is 0.416 e. The van der Waals surface area contributed by atoms with Crippen molar-refractivity contribution < 1.29 is 57.2 Å². The molecule has 18 heteroatoms. The molecule has 0 aliphatic carbocycles. The number of ether oxygens (including phenoxy) is 4. The second-order valence-electron chi connectivity index (χ2n) is 18.1. The molecule has 362 valence electrons. The van der Waals surface area contributed by atoms with Gasteiger partial charge in [-0.25, -0.2) is 19.3 Å². The van der Waals surface area contributed by atoms with Crippen molar-refractivity contribution >= 4 is 55.6 Å². The number of aliphatic hydroxyl groups is 1. The van der Waals surface area contributed by atoms with Crippen LogP contribution in [0.25, 0.3) is 0 Å². The van der Waals surface area contributed by atoms with Gasteiger partial charge in [-0.2, -0.15) is 0 Å². The molecule has 1 saturated heterocycles. The van der Waals surface area contributed by atoms with E-state index in [1.54, 1.807) is 74.5 Å². The fourth-order valence-corrected chi connectivity index (χ4v) is 14.2. The number of hydrogen-bond acceptors (Lipinski definition) is 12. The Labute approximate surface area is 393 Å². The van der Waals surface area contributed by atoms with E-state index >= 15 is 0 Å². The molecule has 0 spiro atoms. The Kier molecular flexibility index (Phi) is 17.2. The summed E-state index contributed by atoms with van der Waals surface area (Å²) in [5.41, 5.74) is 1.86. The van der Waals surface area contributed by atoms with Crippen molar-refractivity contribution in [2.24, 2.45) is 5.92 Å². The summed E-state index contributed by atoms with van der Waals surface area (Å²) in [4.78, 5) is 82.7. The number of carbonyl (C=O) groups is 6. The lowest BCUT2D eigenvalue weighted by molar-refractivity contribution is -0.128. The summed E-state index contributed by atoms with van der Waals surface area (Å²) in [7, 11) is -1.15. The maximum absolute atomic E-state index is 14.6. The summed E-state index contributed by atoms with van der Waals surface area (Å²) in [6.45, 7) is 20.9. The normalized spacial score (nSPS) is 17.8. The van der Waals surface area contributed by atoms with Crippen molar-refractivity contribution in [3.05, 3.63) is 96.1 Å². The molecule has 0 bridgehead atoms. The van der Waals surface area contributed by atoms with E-state index in [9.17, 15) is 33.9 Å². The zero-order valence-electron chi connectivity index (χ0n) is 40.0. The minimum atomic E-state index is -2.63. The van der Waals surface area contributed by atoms with E-state index in [4.69, 9.17) is 23.4 Å². The third-order valence-corrected chi connectivity index (χ3v) is 18.3. The average Bonchev–Trinajstić information content (AvgIpc) is 3.69. The number of fused-ring (bicyclic) bond motifs is 2. The van der Waals surface area contributed by atoms with Crippen LogP contribution in [-0.4, -0.2) is 105 Å². The molecule has 17 nitrogen and oxygen atoms in total. The number of methoxy groups -OCH3 is 1. The Hall–Kier alpha value is -6.40. The van der Waals surface area contributed by atoms with Crippen molar-refractivity contribution in [1.82, 2.24) is 15.5 Å². The number of amides is 5. The van der Waals surface area contributed by atoms with Crippen molar-refractivity contribution in [1.29, 1.82) is 0 Å². The first kappa shape index (κ1) is 51.6. The Morgan fingerprint density at radius 3 is 2.07 bits per heavy atom. The van der Waals surface area contributed by atoms with Gasteiger partial charge in [0.25, 0.3) is 14.2 Å². The van der Waals surface area contributed by atoms with Crippen LogP contribution in [0.2, 0.25) is 16.6 Å². The van der Waals surface area contributed by atoms with Gasteiger partial charge >= 0.3 is 18.2 Å². The zero-order chi connectivity index (χ0) is 49.3. The van der Waals surface area contributed by atoms with Gasteiger partial charge in [-0.05, 0) is 65.4 Å². The van der Waals surface area contributed by atoms with Crippen LogP contribution in [0, 0.1) is 5.92 Å². The maximum Gasteiger partial charge on any atom is 0.416 e. The molecule has 2 aliphatic rings. The lowest BCUT2D eigenvalue weighted by Crippen LogP contribution is -2.53. The second-order valence-corrected chi connectivity index (χ2v) is 23.5. The molecule has 2 aliphatic heterocycles. The monoisotopic (exact) mass is 943 g/mol. The number of aliphatic hydroxyl groups excluding tert-OH is 1. The highest BCUT2D eigenvalue weighted by Gasteiger charge is 2.51. The quantitative estimate of drug-likeness (QED) is 0.0422. The number of esters is 1. The van der Waals surface area contributed by atoms with Crippen LogP contribution in [0.5, 0.6) is 11.5 Å². The number of benzene rings is 3. The van der Waals surface area contributed by atoms with Crippen LogP contribution in [0.3, 0.4) is 0 Å². The fourth-order valence-electron chi connectivity index (χ4n) is 8.96. The van der Waals surface area contributed by atoms with Gasteiger partial charge in [0, 0.05) is 18.2 Å². The Morgan fingerprint density at radius 1 is 0.851 bits per heavy atom. The highest BCUT2D eigenvalue weighted by Crippen LogP contribution is 2.48. The van der Waals surface area contributed by atoms with Gasteiger partial charge in [0.15, 0.2) is 12.0 Å². The lowest BCUT2D eigenvalue weighted by atomic mass is 10.0. The number of anilines is 2. The average molecular weight is 944 g/mol. The van der Waals surface area contributed by atoms with Gasteiger partial charge in [-0.15, -0.1) is 0 Å². The molecule has 1 unspecified atom stereocenters. The molecule has 4 N–H and O–H groups in total. The largest absolute Gasteiger partial charge is 0.540 e. The van der Waals surface area contributed by atoms with Crippen LogP contribution in [-0.2, 0) is 30.4 Å². The summed E-state index contributed by atoms with van der Waals surface area (Å²) in [6.07, 6.45) is -2.76. The van der Waals surface area contributed by atoms with Gasteiger partial charge in [0.05, 0.1) is 36.5 Å². The van der Waals surface area contributed by atoms with E-state index < -0.39 is 74.7 Å². The predicted molar refractivity (Wildman–Crippen MR) is 254 cm³/mol. The van der Waals surface area contributed by atoms with E-state index in [-0.39, 0.29) is 65.7 Å². The molecular formula is C49H65N5O12Si. The van der Waals surface area contributed by atoms with Crippen LogP contribution in [0.4, 0.5) is 21.0 Å². The number of nitrogens with zero attached hydrogens (tertiary/aromatic N) is 2. The third kappa shape index (κ3) is 11.8. The van der Waals surface area contributed by atoms with Gasteiger partial charge in [0.2, 0.25) is 11.8 Å². The first-order valence-electron chi connectivity index (χ1n) is 22.6. The number of carbonyl (C=O) groups excluding carboxylic acids is 6. The minimum absolute atomic E-state index is 0.0302. The Bertz CT molecular complexity index is 2250. The van der Waals surface area contributed by atoms with Crippen molar-refractivity contribution in [2.45, 2.75) is 122 Å². The molecule has 0 aromatic heterocycles. The molecule has 0 radical (unpaired) electrons. The first-order chi connectivity index (χ1) is 31.7. The van der Waals surface area contributed by atoms with Crippen molar-refractivity contribution in [3.8, 4) is 11.5 Å². The van der Waals surface area contributed by atoms with Crippen molar-refractivity contribution in [2.75, 3.05) is 30.5 Å². The lowest BCUT2D eigenvalue weighted by Gasteiger charge is -2.42. The fraction of sp³-hybridized carbons (Fsp3) is 0.469. The van der Waals surface area contributed by atoms with E-state index in [2.05, 4.69) is 64.1 Å². The highest BCUT2D eigenvalue weighted by molar-refractivity contribution is 6.78. The number of nitrogens with one attached hydrogen (secondary N) is 3. The van der Waals surface area contributed by atoms with Gasteiger partial charge < -0.3 is 49.3 Å². The van der Waals surface area contributed by atoms with Crippen LogP contribution < -0.4 is 30.0 Å². The van der Waals surface area contributed by atoms with Crippen molar-refractivity contribution in [3.63, 3.8) is 0 Å². The first-order valence-corrected chi connectivity index (χ1v) is 24.7. The molecule has 2 heterocycles. The minimum Gasteiger partial charge on any atom is -0.540 e. The molecule has 3 aromatic rings. The van der Waals surface area contributed by atoms with Crippen LogP contribution >= 0.6 is 0 Å². The zero-order valence-corrected chi connectivity index (χ0v) is 41.0. The Balaban J connectivity index is 1.38. The molecular weight excluding hydrogens is 879 g/mol. The summed E-state index contributed by atoms with van der Waals surface area (Å²) < 4.78 is 29.5. The van der Waals surface area contributed by atoms with E-state index in [1.165, 1.54) is 31.1 Å². The van der Waals surface area contributed by atoms with E-state index in [1.807, 2.05) is 0 Å². The standard InChI is InChI=1S/C49H65N5O12Si/c1-12-22-63-48(60)52-42(28(2)3)44(56)50-32(10)43(55)51-35-20-18-33(19-21-35)27-64-49(61)54-38-25-41(66-67(29(4)5,30(6)7)31(8)9)40(62-11)24-37(38)45(57)53-26-36(23-39(53)46(54)58)65-47(59)34-16-14-13-15-17-34/h12-21,24-25,28-32,36,39,42,46,58H,1,22-23,26-27H2,2-11H3,(H,50,56)(H,51,55)(H,52,60)/t32-,36+,39?,42-,46+/m1/s1. The van der Waals surface area contributed by atoms with Gasteiger partial charge in [-0.3, -0.25) is 14.4 Å². The Morgan fingerprint density at radius 2 is 1.49 bits per heavy atom. The molecule has 1 fully saturated rings. The topological polar surface area (TPSA) is 211 Å². The predicted octanol–water partition coefficient (Wildman–Crippen LogP) is 7.54. The highest BCUT2D eigenvalue weighted by atomic mass is 28.4. The summed E-state index contributed by atoms with van der Waals surface area (Å²) >= 11 is 0. The molecule has 5 atom stereocenters. The molecule has 3 aromatic carbocycles. The number of rotatable bonds is 18. The van der Waals surface area contributed by atoms with Crippen LogP contribution in [0.1, 0.15) is 95.0 Å². The summed E-state index contributed by atoms with van der Waals surface area (Å²) in [5, 5.41) is 20.1. The molecule has 5 amide bonds. The maximum atomic E-state index is 14.6. The van der Waals surface area contributed by atoms with E-state index in [0.717, 1.165) is 4.90 Å². The summed E-state index contributed by atoms with van der Waals surface area (Å²) in [6, 6.07) is 15.0.